The summed E-state index contributed by atoms with van der Waals surface area (Å²) in [7, 11) is 0. The predicted molar refractivity (Wildman–Crippen MR) is 113 cm³/mol. The fourth-order valence-electron chi connectivity index (χ4n) is 4.31. The normalized spacial score (nSPS) is 20.3. The van der Waals surface area contributed by atoms with Gasteiger partial charge in [0, 0.05) is 32.2 Å². The summed E-state index contributed by atoms with van der Waals surface area (Å²) in [6.45, 7) is 7.39. The molecule has 156 valence electrons. The van der Waals surface area contributed by atoms with Crippen LogP contribution in [0.3, 0.4) is 0 Å². The molecule has 2 aromatic heterocycles. The number of fused-ring (bicyclic) bond motifs is 1. The number of hydrogen-bond acceptors (Lipinski definition) is 6. The van der Waals surface area contributed by atoms with Crippen molar-refractivity contribution in [1.29, 1.82) is 0 Å². The molecule has 29 heavy (non-hydrogen) atoms. The average molecular weight is 398 g/mol. The summed E-state index contributed by atoms with van der Waals surface area (Å²) < 4.78 is 5.59. The van der Waals surface area contributed by atoms with Crippen LogP contribution in [0.15, 0.2) is 12.3 Å². The van der Waals surface area contributed by atoms with Crippen LogP contribution in [0, 0.1) is 5.92 Å². The summed E-state index contributed by atoms with van der Waals surface area (Å²) in [6.07, 6.45) is 7.70. The monoisotopic (exact) mass is 397 g/mol. The molecular formula is C22H31N5O2. The highest BCUT2D eigenvalue weighted by Crippen LogP contribution is 2.25. The van der Waals surface area contributed by atoms with Gasteiger partial charge in [-0.3, -0.25) is 4.79 Å². The van der Waals surface area contributed by atoms with E-state index in [1.54, 1.807) is 0 Å². The highest BCUT2D eigenvalue weighted by molar-refractivity contribution is 5.79. The number of aryl methyl sites for hydroxylation is 2. The number of ether oxygens (including phenoxy) is 1. The molecule has 7 nitrogen and oxygen atoms in total. The summed E-state index contributed by atoms with van der Waals surface area (Å²) in [5, 5.41) is 3.08. The summed E-state index contributed by atoms with van der Waals surface area (Å²) in [5.41, 5.74) is 4.73. The Bertz CT molecular complexity index is 858. The first-order valence-electron chi connectivity index (χ1n) is 11.0. The second-order valence-electron chi connectivity index (χ2n) is 8.00. The lowest BCUT2D eigenvalue weighted by Crippen LogP contribution is -2.42. The zero-order valence-electron chi connectivity index (χ0n) is 17.5. The molecular weight excluding hydrogens is 366 g/mol. The smallest absolute Gasteiger partial charge is 0.223 e. The summed E-state index contributed by atoms with van der Waals surface area (Å²) in [6, 6.07) is 2.09. The molecule has 2 aliphatic heterocycles. The number of amides is 1. The Labute approximate surface area is 172 Å². The van der Waals surface area contributed by atoms with Gasteiger partial charge in [-0.1, -0.05) is 13.8 Å². The molecule has 2 aromatic rings. The van der Waals surface area contributed by atoms with Crippen LogP contribution < -0.4 is 10.2 Å². The number of carbonyl (C=O) groups is 1. The number of aromatic nitrogens is 3. The van der Waals surface area contributed by atoms with Crippen LogP contribution in [-0.4, -0.2) is 53.2 Å². The van der Waals surface area contributed by atoms with Crippen LogP contribution >= 0.6 is 0 Å². The van der Waals surface area contributed by atoms with E-state index in [1.807, 2.05) is 6.20 Å². The third kappa shape index (κ3) is 4.50. The molecule has 4 rings (SSSR count). The number of piperidine rings is 1. The van der Waals surface area contributed by atoms with Gasteiger partial charge < -0.3 is 15.0 Å². The van der Waals surface area contributed by atoms with Crippen LogP contribution in [0.1, 0.15) is 50.9 Å². The van der Waals surface area contributed by atoms with E-state index in [0.29, 0.717) is 12.2 Å². The molecule has 0 saturated carbocycles. The van der Waals surface area contributed by atoms with Crippen molar-refractivity contribution >= 4 is 22.8 Å². The molecule has 7 heteroatoms. The van der Waals surface area contributed by atoms with Crippen molar-refractivity contribution in [2.45, 2.75) is 58.5 Å². The van der Waals surface area contributed by atoms with Gasteiger partial charge in [0.1, 0.15) is 5.52 Å². The maximum absolute atomic E-state index is 12.5. The molecule has 4 heterocycles. The third-order valence-corrected chi connectivity index (χ3v) is 6.09. The van der Waals surface area contributed by atoms with E-state index in [0.717, 1.165) is 80.8 Å². The fourth-order valence-corrected chi connectivity index (χ4v) is 4.31. The van der Waals surface area contributed by atoms with Crippen LogP contribution in [0.5, 0.6) is 0 Å². The van der Waals surface area contributed by atoms with E-state index < -0.39 is 0 Å². The van der Waals surface area contributed by atoms with E-state index in [1.165, 1.54) is 0 Å². The maximum atomic E-state index is 12.5. The van der Waals surface area contributed by atoms with Gasteiger partial charge in [0.15, 0.2) is 5.65 Å². The van der Waals surface area contributed by atoms with E-state index in [4.69, 9.17) is 9.72 Å². The maximum Gasteiger partial charge on any atom is 0.223 e. The molecule has 1 N–H and O–H groups in total. The van der Waals surface area contributed by atoms with Crippen LogP contribution in [0.25, 0.3) is 11.2 Å². The zero-order valence-corrected chi connectivity index (χ0v) is 17.5. The van der Waals surface area contributed by atoms with Crippen molar-refractivity contribution in [2.24, 2.45) is 5.92 Å². The minimum Gasteiger partial charge on any atom is -0.376 e. The van der Waals surface area contributed by atoms with Gasteiger partial charge in [-0.05, 0) is 44.6 Å². The lowest BCUT2D eigenvalue weighted by Gasteiger charge is -2.33. The lowest BCUT2D eigenvalue weighted by atomic mass is 9.95. The Kier molecular flexibility index (Phi) is 6.23. The number of rotatable bonds is 6. The molecule has 0 aliphatic carbocycles. The molecule has 2 aliphatic rings. The van der Waals surface area contributed by atoms with Crippen molar-refractivity contribution in [3.05, 3.63) is 23.7 Å². The second-order valence-corrected chi connectivity index (χ2v) is 8.00. The average Bonchev–Trinajstić information content (AvgIpc) is 3.30. The Morgan fingerprint density at radius 3 is 2.62 bits per heavy atom. The predicted octanol–water partition coefficient (Wildman–Crippen LogP) is 2.66. The van der Waals surface area contributed by atoms with E-state index in [-0.39, 0.29) is 17.9 Å². The highest BCUT2D eigenvalue weighted by Gasteiger charge is 2.26. The van der Waals surface area contributed by atoms with Crippen molar-refractivity contribution in [1.82, 2.24) is 20.3 Å². The van der Waals surface area contributed by atoms with E-state index in [2.05, 4.69) is 40.1 Å². The number of anilines is 1. The Morgan fingerprint density at radius 1 is 1.17 bits per heavy atom. The topological polar surface area (TPSA) is 80.2 Å². The quantitative estimate of drug-likeness (QED) is 0.807. The van der Waals surface area contributed by atoms with Gasteiger partial charge in [-0.15, -0.1) is 0 Å². The van der Waals surface area contributed by atoms with Crippen molar-refractivity contribution < 1.29 is 9.53 Å². The Balaban J connectivity index is 1.37. The largest absolute Gasteiger partial charge is 0.376 e. The molecule has 1 atom stereocenters. The van der Waals surface area contributed by atoms with Gasteiger partial charge >= 0.3 is 0 Å². The molecule has 1 amide bonds. The van der Waals surface area contributed by atoms with Crippen LogP contribution in [-0.2, 0) is 22.4 Å². The number of nitrogens with one attached hydrogen (secondary N) is 1. The summed E-state index contributed by atoms with van der Waals surface area (Å²) >= 11 is 0. The first kappa shape index (κ1) is 20.0. The molecule has 2 saturated heterocycles. The van der Waals surface area contributed by atoms with Gasteiger partial charge in [-0.2, -0.15) is 0 Å². The SMILES string of the molecule is CCc1nc2cc(N3CCC(C(=O)NC[C@H]4CCCO4)CC3)cnc2nc1CC. The Hall–Kier alpha value is -2.28. The minimum absolute atomic E-state index is 0.0830. The van der Waals surface area contributed by atoms with Gasteiger partial charge in [0.25, 0.3) is 0 Å². The summed E-state index contributed by atoms with van der Waals surface area (Å²) in [5.74, 6) is 0.252. The number of hydrogen-bond donors (Lipinski definition) is 1. The first-order chi connectivity index (χ1) is 14.2. The van der Waals surface area contributed by atoms with Gasteiger partial charge in [0.2, 0.25) is 5.91 Å². The van der Waals surface area contributed by atoms with E-state index in [9.17, 15) is 4.79 Å². The number of pyridine rings is 1. The lowest BCUT2D eigenvalue weighted by molar-refractivity contribution is -0.126. The third-order valence-electron chi connectivity index (χ3n) is 6.09. The summed E-state index contributed by atoms with van der Waals surface area (Å²) in [4.78, 5) is 28.8. The minimum atomic E-state index is 0.0830. The van der Waals surface area contributed by atoms with Crippen LogP contribution in [0.4, 0.5) is 5.69 Å². The number of carbonyl (C=O) groups excluding carboxylic acids is 1. The molecule has 2 fully saturated rings. The van der Waals surface area contributed by atoms with E-state index >= 15 is 0 Å². The van der Waals surface area contributed by atoms with Crippen molar-refractivity contribution in [3.63, 3.8) is 0 Å². The van der Waals surface area contributed by atoms with Gasteiger partial charge in [0.05, 0.1) is 29.4 Å². The Morgan fingerprint density at radius 2 is 1.93 bits per heavy atom. The fraction of sp³-hybridized carbons (Fsp3) is 0.636. The van der Waals surface area contributed by atoms with Crippen LogP contribution in [0.2, 0.25) is 0 Å². The van der Waals surface area contributed by atoms with Gasteiger partial charge in [-0.25, -0.2) is 15.0 Å². The molecule has 0 spiro atoms. The second kappa shape index (κ2) is 9.03. The highest BCUT2D eigenvalue weighted by atomic mass is 16.5. The number of nitrogens with zero attached hydrogens (tertiary/aromatic N) is 4. The standard InChI is InChI=1S/C22H31N5O2/c1-3-18-19(4-2)26-21-20(25-18)12-16(13-23-21)27-9-7-15(8-10-27)22(28)24-14-17-6-5-11-29-17/h12-13,15,17H,3-11,14H2,1-2H3,(H,24,28)/t17-/m1/s1. The first-order valence-corrected chi connectivity index (χ1v) is 11.0. The molecule has 0 bridgehead atoms. The molecule has 0 unspecified atom stereocenters. The van der Waals surface area contributed by atoms with Crippen molar-refractivity contribution in [2.75, 3.05) is 31.1 Å². The molecule has 0 aromatic carbocycles. The zero-order chi connectivity index (χ0) is 20.2. The molecule has 0 radical (unpaired) electrons. The van der Waals surface area contributed by atoms with Crippen molar-refractivity contribution in [3.8, 4) is 0 Å².